The van der Waals surface area contributed by atoms with E-state index in [0.717, 1.165) is 24.0 Å². The highest BCUT2D eigenvalue weighted by Gasteiger charge is 2.43. The molecule has 1 aliphatic carbocycles. The van der Waals surface area contributed by atoms with Gasteiger partial charge in [0.05, 0.1) is 5.69 Å². The summed E-state index contributed by atoms with van der Waals surface area (Å²) in [6.45, 7) is 5.81. The summed E-state index contributed by atoms with van der Waals surface area (Å²) >= 11 is -1.32. The van der Waals surface area contributed by atoms with E-state index in [1.807, 2.05) is 32.9 Å². The molecule has 0 unspecified atom stereocenters. The first kappa shape index (κ1) is 20.1. The van der Waals surface area contributed by atoms with Crippen molar-refractivity contribution >= 4 is 17.0 Å². The van der Waals surface area contributed by atoms with E-state index >= 15 is 0 Å². The molecule has 2 atom stereocenters. The predicted octanol–water partition coefficient (Wildman–Crippen LogP) is 4.29. The summed E-state index contributed by atoms with van der Waals surface area (Å²) < 4.78 is 29.9. The molecule has 4 nitrogen and oxygen atoms in total. The van der Waals surface area contributed by atoms with Gasteiger partial charge >= 0.3 is 0 Å². The second-order valence-electron chi connectivity index (χ2n) is 8.34. The molecule has 0 amide bonds. The fourth-order valence-corrected chi connectivity index (χ4v) is 4.17. The lowest BCUT2D eigenvalue weighted by Gasteiger charge is -2.38. The number of benzene rings is 1. The second kappa shape index (κ2) is 7.78. The van der Waals surface area contributed by atoms with Crippen LogP contribution in [-0.2, 0) is 16.9 Å². The van der Waals surface area contributed by atoms with Gasteiger partial charge in [-0.2, -0.15) is 0 Å². The second-order valence-corrected chi connectivity index (χ2v) is 10.3. The van der Waals surface area contributed by atoms with E-state index < -0.39 is 27.5 Å². The Morgan fingerprint density at radius 2 is 1.85 bits per heavy atom. The smallest absolute Gasteiger partial charge is 0.146 e. The summed E-state index contributed by atoms with van der Waals surface area (Å²) in [5, 5.41) is 0. The molecule has 0 bridgehead atoms. The van der Waals surface area contributed by atoms with Crippen molar-refractivity contribution in [2.75, 3.05) is 5.73 Å². The van der Waals surface area contributed by atoms with E-state index in [-0.39, 0.29) is 5.69 Å². The number of nitrogens with two attached hydrogens (primary N) is 1. The Hall–Kier alpha value is -1.63. The molecule has 0 aliphatic heterocycles. The zero-order valence-corrected chi connectivity index (χ0v) is 17.0. The number of hydrogen-bond acceptors (Lipinski definition) is 4. The van der Waals surface area contributed by atoms with Crippen LogP contribution in [0, 0.1) is 11.7 Å². The fraction of sp³-hybridized carbons (Fsp3) is 0.476. The van der Waals surface area contributed by atoms with E-state index in [0.29, 0.717) is 5.92 Å². The van der Waals surface area contributed by atoms with Crippen LogP contribution in [-0.4, -0.2) is 14.3 Å². The van der Waals surface area contributed by atoms with Gasteiger partial charge in [0.15, 0.2) is 0 Å². The maximum Gasteiger partial charge on any atom is 0.146 e. The topological polar surface area (TPSA) is 74.0 Å². The van der Waals surface area contributed by atoms with Gasteiger partial charge in [0, 0.05) is 23.8 Å². The SMILES string of the molecule is CC(C)(C)[S@@+]([O-])N[C@@](CCC1CC1)(c1ccncc1)c1ccc(F)c(N)c1. The molecule has 1 heterocycles. The van der Waals surface area contributed by atoms with Gasteiger partial charge in [-0.3, -0.25) is 4.98 Å². The van der Waals surface area contributed by atoms with Crippen molar-refractivity contribution in [3.63, 3.8) is 0 Å². The number of nitrogens with one attached hydrogen (secondary N) is 1. The van der Waals surface area contributed by atoms with Gasteiger partial charge in [-0.25, -0.2) is 4.39 Å². The van der Waals surface area contributed by atoms with Crippen LogP contribution in [0.2, 0.25) is 0 Å². The number of hydrogen-bond donors (Lipinski definition) is 2. The highest BCUT2D eigenvalue weighted by Crippen LogP contribution is 2.42. The van der Waals surface area contributed by atoms with Gasteiger partial charge in [-0.15, -0.1) is 4.72 Å². The standard InChI is InChI=1S/C21H28FN3OS/c1-20(2,3)27(26)25-21(11-8-15-4-5-15,16-9-12-24-13-10-16)17-6-7-18(22)19(23)14-17/h6-7,9-10,12-15,25H,4-5,8,11,23H2,1-3H3/t21-,27+/m0/s1. The average molecular weight is 390 g/mol. The fourth-order valence-electron chi connectivity index (χ4n) is 3.21. The normalized spacial score (nSPS) is 18.1. The van der Waals surface area contributed by atoms with E-state index in [1.54, 1.807) is 24.5 Å². The number of nitrogen functional groups attached to an aromatic ring is 1. The number of nitrogens with zero attached hydrogens (tertiary/aromatic N) is 1. The maximum atomic E-state index is 13.8. The third-order valence-electron chi connectivity index (χ3n) is 5.11. The van der Waals surface area contributed by atoms with Crippen LogP contribution in [0.15, 0.2) is 42.7 Å². The molecule has 6 heteroatoms. The molecule has 1 fully saturated rings. The first-order valence-electron chi connectivity index (χ1n) is 9.38. The number of pyridine rings is 1. The first-order chi connectivity index (χ1) is 12.7. The van der Waals surface area contributed by atoms with Gasteiger partial charge < -0.3 is 10.3 Å². The predicted molar refractivity (Wildman–Crippen MR) is 109 cm³/mol. The summed E-state index contributed by atoms with van der Waals surface area (Å²) in [6.07, 6.45) is 7.70. The minimum Gasteiger partial charge on any atom is -0.598 e. The van der Waals surface area contributed by atoms with Crippen LogP contribution in [0.5, 0.6) is 0 Å². The van der Waals surface area contributed by atoms with Crippen LogP contribution in [0.4, 0.5) is 10.1 Å². The summed E-state index contributed by atoms with van der Waals surface area (Å²) in [4.78, 5) is 4.13. The van der Waals surface area contributed by atoms with E-state index in [9.17, 15) is 8.94 Å². The van der Waals surface area contributed by atoms with Crippen LogP contribution < -0.4 is 10.5 Å². The monoisotopic (exact) mass is 389 g/mol. The molecule has 1 saturated carbocycles. The van der Waals surface area contributed by atoms with Gasteiger partial charge in [0.1, 0.15) is 16.1 Å². The van der Waals surface area contributed by atoms with Crippen molar-refractivity contribution in [1.29, 1.82) is 0 Å². The quantitative estimate of drug-likeness (QED) is 0.547. The molecule has 1 aromatic carbocycles. The van der Waals surface area contributed by atoms with Crippen LogP contribution in [0.1, 0.15) is 57.6 Å². The Morgan fingerprint density at radius 3 is 2.41 bits per heavy atom. The van der Waals surface area contributed by atoms with Gasteiger partial charge in [-0.1, -0.05) is 18.9 Å². The van der Waals surface area contributed by atoms with Crippen molar-refractivity contribution in [2.45, 2.75) is 56.7 Å². The molecule has 3 rings (SSSR count). The molecule has 3 N–H and O–H groups in total. The molecular weight excluding hydrogens is 361 g/mol. The lowest BCUT2D eigenvalue weighted by Crippen LogP contribution is -2.52. The van der Waals surface area contributed by atoms with Crippen molar-refractivity contribution in [1.82, 2.24) is 9.71 Å². The summed E-state index contributed by atoms with van der Waals surface area (Å²) in [5.41, 5.74) is 7.06. The van der Waals surface area contributed by atoms with Gasteiger partial charge in [-0.05, 0) is 74.9 Å². The van der Waals surface area contributed by atoms with Crippen molar-refractivity contribution in [3.05, 3.63) is 59.7 Å². The number of aromatic nitrogens is 1. The molecule has 0 radical (unpaired) electrons. The maximum absolute atomic E-state index is 13.8. The molecule has 1 aromatic heterocycles. The Labute approximate surface area is 164 Å². The highest BCUT2D eigenvalue weighted by atomic mass is 32.2. The molecule has 0 saturated heterocycles. The number of rotatable bonds is 7. The number of anilines is 1. The average Bonchev–Trinajstić information content (AvgIpc) is 3.45. The number of halogens is 1. The Bertz CT molecular complexity index is 777. The van der Waals surface area contributed by atoms with Crippen LogP contribution in [0.3, 0.4) is 0 Å². The molecule has 1 aliphatic rings. The van der Waals surface area contributed by atoms with Crippen LogP contribution in [0.25, 0.3) is 0 Å². The highest BCUT2D eigenvalue weighted by molar-refractivity contribution is 7.90. The minimum atomic E-state index is -1.32. The summed E-state index contributed by atoms with van der Waals surface area (Å²) in [6, 6.07) is 8.65. The Morgan fingerprint density at radius 1 is 1.19 bits per heavy atom. The zero-order valence-electron chi connectivity index (χ0n) is 16.2. The van der Waals surface area contributed by atoms with Crippen molar-refractivity contribution in [3.8, 4) is 0 Å². The lowest BCUT2D eigenvalue weighted by molar-refractivity contribution is 0.401. The van der Waals surface area contributed by atoms with E-state index in [1.165, 1.54) is 18.9 Å². The first-order valence-corrected chi connectivity index (χ1v) is 10.5. The molecule has 146 valence electrons. The summed E-state index contributed by atoms with van der Waals surface area (Å²) in [7, 11) is 0. The van der Waals surface area contributed by atoms with Crippen LogP contribution >= 0.6 is 0 Å². The Kier molecular flexibility index (Phi) is 5.79. The summed E-state index contributed by atoms with van der Waals surface area (Å²) in [5.74, 6) is 0.260. The third-order valence-corrected chi connectivity index (χ3v) is 6.76. The lowest BCUT2D eigenvalue weighted by atomic mass is 9.79. The zero-order chi connectivity index (χ0) is 19.7. The minimum absolute atomic E-state index is 0.0979. The largest absolute Gasteiger partial charge is 0.598 e. The Balaban J connectivity index is 2.11. The molecule has 27 heavy (non-hydrogen) atoms. The molecule has 2 aromatic rings. The third kappa shape index (κ3) is 4.62. The molecule has 0 spiro atoms. The van der Waals surface area contributed by atoms with Gasteiger partial charge in [0.2, 0.25) is 0 Å². The van der Waals surface area contributed by atoms with Gasteiger partial charge in [0.25, 0.3) is 0 Å². The van der Waals surface area contributed by atoms with Crippen molar-refractivity contribution in [2.24, 2.45) is 5.92 Å². The van der Waals surface area contributed by atoms with E-state index in [2.05, 4.69) is 9.71 Å². The molecular formula is C21H28FN3OS. The van der Waals surface area contributed by atoms with Crippen molar-refractivity contribution < 1.29 is 8.94 Å². The van der Waals surface area contributed by atoms with E-state index in [4.69, 9.17) is 5.73 Å².